The number of nitrogens with zero attached hydrogens (tertiary/aromatic N) is 2. The Morgan fingerprint density at radius 2 is 1.92 bits per heavy atom. The van der Waals surface area contributed by atoms with Crippen LogP contribution in [0.1, 0.15) is 5.56 Å². The molecule has 2 aliphatic heterocycles. The first-order chi connectivity index (χ1) is 12.9. The van der Waals surface area contributed by atoms with E-state index in [1.807, 2.05) is 30.5 Å². The Bertz CT molecular complexity index is 1020. The number of benzene rings is 2. The monoisotopic (exact) mass is 341 g/mol. The number of ether oxygens (including phenoxy) is 1. The fourth-order valence-electron chi connectivity index (χ4n) is 3.44. The highest BCUT2D eigenvalue weighted by Gasteiger charge is 2.32. The first-order valence-corrected chi connectivity index (χ1v) is 8.76. The molecule has 0 saturated heterocycles. The first-order valence-electron chi connectivity index (χ1n) is 8.76. The Morgan fingerprint density at radius 1 is 1.00 bits per heavy atom. The van der Waals surface area contributed by atoms with Crippen LogP contribution in [0.5, 0.6) is 0 Å². The molecule has 1 N–H and O–H groups in total. The molecule has 1 aromatic heterocycles. The van der Waals surface area contributed by atoms with Crippen LogP contribution in [0.25, 0.3) is 10.9 Å². The minimum Gasteiger partial charge on any atom is -0.361 e. The average Bonchev–Trinajstić information content (AvgIpc) is 3.30. The molecule has 2 aliphatic rings. The number of aromatic nitrogens is 1. The third kappa shape index (κ3) is 2.61. The molecule has 2 aromatic carbocycles. The molecule has 128 valence electrons. The highest BCUT2D eigenvalue weighted by Crippen LogP contribution is 2.34. The molecule has 0 aliphatic carbocycles. The summed E-state index contributed by atoms with van der Waals surface area (Å²) >= 11 is 0. The Labute approximate surface area is 152 Å². The second kappa shape index (κ2) is 6.24. The maximum absolute atomic E-state index is 6.27. The summed E-state index contributed by atoms with van der Waals surface area (Å²) in [6.07, 6.45) is 12.2. The number of anilines is 1. The SMILES string of the molecule is C1=CC2=CC(OCc3ccccc3)N(c3ccc4[nH]ccc4c3)N2C=C1. The normalized spacial score (nSPS) is 18.5. The van der Waals surface area contributed by atoms with Gasteiger partial charge in [-0.15, -0.1) is 0 Å². The highest BCUT2D eigenvalue weighted by molar-refractivity contribution is 5.83. The first kappa shape index (κ1) is 15.0. The van der Waals surface area contributed by atoms with Crippen molar-refractivity contribution in [2.24, 2.45) is 0 Å². The van der Waals surface area contributed by atoms with E-state index in [2.05, 4.69) is 75.8 Å². The molecule has 4 heteroatoms. The standard InChI is InChI=1S/C22H19N3O/c1-2-6-17(7-3-1)16-26-22-15-19-8-4-5-13-24(19)25(22)20-9-10-21-18(14-20)11-12-23-21/h1-15,22-23H,16H2. The van der Waals surface area contributed by atoms with Crippen molar-refractivity contribution in [1.29, 1.82) is 0 Å². The summed E-state index contributed by atoms with van der Waals surface area (Å²) in [5, 5.41) is 5.52. The number of H-pyrrole nitrogens is 1. The van der Waals surface area contributed by atoms with E-state index in [1.165, 1.54) is 10.9 Å². The fraction of sp³-hybridized carbons (Fsp3) is 0.0909. The van der Waals surface area contributed by atoms with Crippen molar-refractivity contribution in [2.45, 2.75) is 12.8 Å². The highest BCUT2D eigenvalue weighted by atomic mass is 16.5. The molecule has 1 unspecified atom stereocenters. The van der Waals surface area contributed by atoms with Gasteiger partial charge in [0.1, 0.15) is 0 Å². The Hall–Kier alpha value is -3.24. The van der Waals surface area contributed by atoms with Crippen molar-refractivity contribution in [3.8, 4) is 0 Å². The van der Waals surface area contributed by atoms with Gasteiger partial charge in [0.25, 0.3) is 0 Å². The van der Waals surface area contributed by atoms with Crippen LogP contribution < -0.4 is 5.01 Å². The largest absolute Gasteiger partial charge is 0.361 e. The number of aromatic amines is 1. The van der Waals surface area contributed by atoms with E-state index in [-0.39, 0.29) is 6.23 Å². The minimum atomic E-state index is -0.158. The summed E-state index contributed by atoms with van der Waals surface area (Å²) < 4.78 is 6.27. The maximum Gasteiger partial charge on any atom is 0.171 e. The van der Waals surface area contributed by atoms with Crippen LogP contribution in [0.4, 0.5) is 5.69 Å². The van der Waals surface area contributed by atoms with Crippen molar-refractivity contribution < 1.29 is 4.74 Å². The lowest BCUT2D eigenvalue weighted by Gasteiger charge is -2.35. The number of hydrogen-bond acceptors (Lipinski definition) is 3. The fourth-order valence-corrected chi connectivity index (χ4v) is 3.44. The molecule has 0 radical (unpaired) electrons. The van der Waals surface area contributed by atoms with E-state index < -0.39 is 0 Å². The smallest absolute Gasteiger partial charge is 0.171 e. The molecular weight excluding hydrogens is 322 g/mol. The van der Waals surface area contributed by atoms with Crippen LogP contribution in [0.3, 0.4) is 0 Å². The number of rotatable bonds is 4. The van der Waals surface area contributed by atoms with E-state index in [0.717, 1.165) is 16.9 Å². The molecule has 1 atom stereocenters. The van der Waals surface area contributed by atoms with Crippen LogP contribution in [0, 0.1) is 0 Å². The summed E-state index contributed by atoms with van der Waals surface area (Å²) in [4.78, 5) is 3.25. The van der Waals surface area contributed by atoms with Crippen molar-refractivity contribution >= 4 is 16.6 Å². The summed E-state index contributed by atoms with van der Waals surface area (Å²) in [6.45, 7) is 0.569. The zero-order valence-corrected chi connectivity index (χ0v) is 14.2. The maximum atomic E-state index is 6.27. The van der Waals surface area contributed by atoms with Gasteiger partial charge in [-0.25, -0.2) is 5.01 Å². The molecule has 0 saturated carbocycles. The van der Waals surface area contributed by atoms with Crippen LogP contribution >= 0.6 is 0 Å². The van der Waals surface area contributed by atoms with Crippen LogP contribution in [0.15, 0.2) is 97.0 Å². The van der Waals surface area contributed by atoms with Crippen LogP contribution in [-0.2, 0) is 11.3 Å². The lowest BCUT2D eigenvalue weighted by molar-refractivity contribution is 0.0585. The van der Waals surface area contributed by atoms with Gasteiger partial charge in [0, 0.05) is 23.3 Å². The van der Waals surface area contributed by atoms with Crippen molar-refractivity contribution in [3.63, 3.8) is 0 Å². The number of hydrogen-bond donors (Lipinski definition) is 1. The van der Waals surface area contributed by atoms with Crippen molar-refractivity contribution in [3.05, 3.63) is 103 Å². The predicted molar refractivity (Wildman–Crippen MR) is 104 cm³/mol. The Balaban J connectivity index is 1.47. The number of hydrazine groups is 1. The Morgan fingerprint density at radius 3 is 2.85 bits per heavy atom. The summed E-state index contributed by atoms with van der Waals surface area (Å²) in [5.41, 5.74) is 4.53. The van der Waals surface area contributed by atoms with Crippen LogP contribution in [-0.4, -0.2) is 16.2 Å². The van der Waals surface area contributed by atoms with Crippen LogP contribution in [0.2, 0.25) is 0 Å². The van der Waals surface area contributed by atoms with Gasteiger partial charge in [-0.05, 0) is 48.1 Å². The molecular formula is C22H19N3O. The topological polar surface area (TPSA) is 31.5 Å². The zero-order valence-electron chi connectivity index (χ0n) is 14.2. The van der Waals surface area contributed by atoms with Gasteiger partial charge in [-0.1, -0.05) is 36.4 Å². The predicted octanol–water partition coefficient (Wildman–Crippen LogP) is 4.72. The third-order valence-electron chi connectivity index (χ3n) is 4.72. The van der Waals surface area contributed by atoms with E-state index in [9.17, 15) is 0 Å². The number of allylic oxidation sites excluding steroid dienone is 3. The van der Waals surface area contributed by atoms with Gasteiger partial charge in [0.05, 0.1) is 18.0 Å². The average molecular weight is 341 g/mol. The molecule has 0 fully saturated rings. The van der Waals surface area contributed by atoms with E-state index in [4.69, 9.17) is 4.74 Å². The Kier molecular flexibility index (Phi) is 3.61. The quantitative estimate of drug-likeness (QED) is 0.745. The molecule has 3 heterocycles. The lowest BCUT2D eigenvalue weighted by atomic mass is 10.2. The van der Waals surface area contributed by atoms with Gasteiger partial charge in [0.2, 0.25) is 0 Å². The number of nitrogens with one attached hydrogen (secondary N) is 1. The molecule has 0 bridgehead atoms. The van der Waals surface area contributed by atoms with Gasteiger partial charge in [-0.3, -0.25) is 5.01 Å². The molecule has 0 amide bonds. The molecule has 0 spiro atoms. The summed E-state index contributed by atoms with van der Waals surface area (Å²) in [5.74, 6) is 0. The minimum absolute atomic E-state index is 0.158. The summed E-state index contributed by atoms with van der Waals surface area (Å²) in [7, 11) is 0. The second-order valence-corrected chi connectivity index (χ2v) is 6.42. The van der Waals surface area contributed by atoms with Gasteiger partial charge in [-0.2, -0.15) is 0 Å². The lowest BCUT2D eigenvalue weighted by Crippen LogP contribution is -2.41. The van der Waals surface area contributed by atoms with Crippen molar-refractivity contribution in [2.75, 3.05) is 5.01 Å². The molecule has 3 aromatic rings. The third-order valence-corrected chi connectivity index (χ3v) is 4.72. The number of fused-ring (bicyclic) bond motifs is 2. The van der Waals surface area contributed by atoms with E-state index in [1.54, 1.807) is 0 Å². The molecule has 4 nitrogen and oxygen atoms in total. The molecule has 26 heavy (non-hydrogen) atoms. The molecule has 5 rings (SSSR count). The van der Waals surface area contributed by atoms with E-state index >= 15 is 0 Å². The second-order valence-electron chi connectivity index (χ2n) is 6.42. The van der Waals surface area contributed by atoms with Gasteiger partial charge in [0.15, 0.2) is 6.23 Å². The van der Waals surface area contributed by atoms with Gasteiger partial charge >= 0.3 is 0 Å². The summed E-state index contributed by atoms with van der Waals surface area (Å²) in [6, 6.07) is 18.8. The van der Waals surface area contributed by atoms with Gasteiger partial charge < -0.3 is 9.72 Å². The van der Waals surface area contributed by atoms with E-state index in [0.29, 0.717) is 6.61 Å². The van der Waals surface area contributed by atoms with Crippen molar-refractivity contribution in [1.82, 2.24) is 9.99 Å². The zero-order chi connectivity index (χ0) is 17.3.